The van der Waals surface area contributed by atoms with Crippen molar-refractivity contribution < 1.29 is 80.2 Å². The molecule has 0 rings (SSSR count). The highest BCUT2D eigenvalue weighted by molar-refractivity contribution is 7.47. The summed E-state index contributed by atoms with van der Waals surface area (Å²) in [6, 6.07) is 0. The van der Waals surface area contributed by atoms with E-state index in [0.29, 0.717) is 25.7 Å². The van der Waals surface area contributed by atoms with Crippen LogP contribution in [0.2, 0.25) is 0 Å². The van der Waals surface area contributed by atoms with Crippen LogP contribution in [0.3, 0.4) is 0 Å². The lowest BCUT2D eigenvalue weighted by atomic mass is 10.0. The number of ether oxygens (including phenoxy) is 4. The fourth-order valence-corrected chi connectivity index (χ4v) is 12.3. The second-order valence-corrected chi connectivity index (χ2v) is 29.2. The van der Waals surface area contributed by atoms with Crippen molar-refractivity contribution in [3.8, 4) is 0 Å². The van der Waals surface area contributed by atoms with Crippen molar-refractivity contribution in [2.75, 3.05) is 39.6 Å². The van der Waals surface area contributed by atoms with Crippen LogP contribution >= 0.6 is 15.6 Å². The van der Waals surface area contributed by atoms with Crippen molar-refractivity contribution in [1.29, 1.82) is 0 Å². The smallest absolute Gasteiger partial charge is 0.462 e. The summed E-state index contributed by atoms with van der Waals surface area (Å²) in [5.41, 5.74) is 0. The first kappa shape index (κ1) is 93.0. The first-order valence-corrected chi connectivity index (χ1v) is 41.9. The van der Waals surface area contributed by atoms with Gasteiger partial charge in [0.2, 0.25) is 0 Å². The Balaban J connectivity index is 5.33. The van der Waals surface area contributed by atoms with Crippen molar-refractivity contribution in [1.82, 2.24) is 0 Å². The number of hydrogen-bond acceptors (Lipinski definition) is 15. The van der Waals surface area contributed by atoms with Gasteiger partial charge >= 0.3 is 39.5 Å². The van der Waals surface area contributed by atoms with E-state index in [1.54, 1.807) is 0 Å². The monoisotopic (exact) mass is 1400 g/mol. The summed E-state index contributed by atoms with van der Waals surface area (Å²) in [7, 11) is -9.94. The van der Waals surface area contributed by atoms with E-state index in [1.807, 2.05) is 0 Å². The average molecular weight is 1400 g/mol. The Morgan fingerprint density at radius 3 is 0.812 bits per heavy atom. The van der Waals surface area contributed by atoms with Crippen LogP contribution in [0.15, 0.2) is 48.6 Å². The number of allylic oxidation sites excluding steroid dienone is 8. The minimum Gasteiger partial charge on any atom is -0.462 e. The van der Waals surface area contributed by atoms with E-state index in [0.717, 1.165) is 148 Å². The quantitative estimate of drug-likeness (QED) is 0.0169. The van der Waals surface area contributed by atoms with Gasteiger partial charge in [0.15, 0.2) is 12.2 Å². The van der Waals surface area contributed by atoms with Gasteiger partial charge in [-0.2, -0.15) is 0 Å². The van der Waals surface area contributed by atoms with Crippen molar-refractivity contribution in [3.63, 3.8) is 0 Å². The van der Waals surface area contributed by atoms with Gasteiger partial charge in [-0.15, -0.1) is 0 Å². The average Bonchev–Trinajstić information content (AvgIpc) is 1.36. The van der Waals surface area contributed by atoms with Gasteiger partial charge in [0, 0.05) is 25.7 Å². The molecule has 0 saturated carbocycles. The standard InChI is InChI=1S/C77H142O17P2/c1-5-9-13-17-21-25-29-33-35-39-42-46-50-54-58-62-75(80)88-68-73(94-77(82)64-60-56-52-48-44-40-36-34-30-26-22-18-14-10-6-2)70-92-96(85,86)90-66-71(78)65-89-95(83,84)91-69-72(93-76(81)63-59-55-51-47-43-38-32-28-24-20-16-12-8-4)67-87-74(79)61-57-53-49-45-41-37-31-27-23-19-15-11-7-3/h21,25,27,31,33-36,71-73,78H,5-20,22-24,26,28-30,32,37-70H2,1-4H3,(H,83,84)(H,85,86)/b25-21-,31-27-,35-33-,36-34-/t71-,72+,73+/m0/s1. The lowest BCUT2D eigenvalue weighted by Crippen LogP contribution is -2.30. The van der Waals surface area contributed by atoms with Crippen LogP contribution in [-0.4, -0.2) is 96.7 Å². The summed E-state index contributed by atoms with van der Waals surface area (Å²) in [4.78, 5) is 72.8. The first-order chi connectivity index (χ1) is 46.7. The van der Waals surface area contributed by atoms with Gasteiger partial charge in [-0.05, 0) is 109 Å². The molecule has 96 heavy (non-hydrogen) atoms. The molecule has 0 aliphatic rings. The lowest BCUT2D eigenvalue weighted by Gasteiger charge is -2.21. The third-order valence-electron chi connectivity index (χ3n) is 16.8. The highest BCUT2D eigenvalue weighted by Crippen LogP contribution is 2.45. The number of aliphatic hydroxyl groups is 1. The number of esters is 4. The minimum absolute atomic E-state index is 0.0868. The molecule has 0 aromatic rings. The van der Waals surface area contributed by atoms with Gasteiger partial charge in [-0.3, -0.25) is 37.3 Å². The Morgan fingerprint density at radius 2 is 0.510 bits per heavy atom. The van der Waals surface area contributed by atoms with E-state index in [1.165, 1.54) is 135 Å². The van der Waals surface area contributed by atoms with Gasteiger partial charge in [0.25, 0.3) is 0 Å². The minimum atomic E-state index is -4.97. The highest BCUT2D eigenvalue weighted by atomic mass is 31.2. The number of carbonyl (C=O) groups is 4. The van der Waals surface area contributed by atoms with E-state index in [4.69, 9.17) is 37.0 Å². The predicted octanol–water partition coefficient (Wildman–Crippen LogP) is 22.1. The molecule has 562 valence electrons. The zero-order chi connectivity index (χ0) is 70.4. The van der Waals surface area contributed by atoms with Crippen LogP contribution in [0.25, 0.3) is 0 Å². The van der Waals surface area contributed by atoms with Gasteiger partial charge in [0.1, 0.15) is 19.3 Å². The molecule has 19 heteroatoms. The topological polar surface area (TPSA) is 237 Å². The molecule has 0 spiro atoms. The van der Waals surface area contributed by atoms with Gasteiger partial charge in [0.05, 0.1) is 26.4 Å². The van der Waals surface area contributed by atoms with E-state index in [2.05, 4.69) is 76.3 Å². The fraction of sp³-hybridized carbons (Fsp3) is 0.844. The zero-order valence-electron chi connectivity index (χ0n) is 61.3. The molecule has 0 aromatic carbocycles. The Kier molecular flexibility index (Phi) is 68.3. The molecule has 0 aliphatic carbocycles. The van der Waals surface area contributed by atoms with Crippen LogP contribution in [-0.2, 0) is 65.4 Å². The molecule has 2 unspecified atom stereocenters. The molecule has 0 aromatic heterocycles. The first-order valence-electron chi connectivity index (χ1n) is 38.9. The molecule has 0 fully saturated rings. The van der Waals surface area contributed by atoms with E-state index < -0.39 is 97.5 Å². The van der Waals surface area contributed by atoms with Crippen molar-refractivity contribution in [2.45, 2.75) is 380 Å². The summed E-state index contributed by atoms with van der Waals surface area (Å²) in [6.45, 7) is 4.86. The second kappa shape index (κ2) is 70.5. The Labute approximate surface area is 585 Å². The second-order valence-electron chi connectivity index (χ2n) is 26.3. The summed E-state index contributed by atoms with van der Waals surface area (Å²) >= 11 is 0. The third kappa shape index (κ3) is 69.5. The summed E-state index contributed by atoms with van der Waals surface area (Å²) in [6.07, 6.45) is 66.6. The van der Waals surface area contributed by atoms with E-state index in [9.17, 15) is 43.2 Å². The highest BCUT2D eigenvalue weighted by Gasteiger charge is 2.30. The molecule has 0 bridgehead atoms. The van der Waals surface area contributed by atoms with Gasteiger partial charge in [-0.1, -0.05) is 275 Å². The number of rotatable bonds is 74. The van der Waals surface area contributed by atoms with Crippen LogP contribution in [0, 0.1) is 0 Å². The normalized spacial score (nSPS) is 14.2. The van der Waals surface area contributed by atoms with E-state index >= 15 is 0 Å². The lowest BCUT2D eigenvalue weighted by molar-refractivity contribution is -0.161. The zero-order valence-corrected chi connectivity index (χ0v) is 63.1. The number of phosphoric acid groups is 2. The maximum absolute atomic E-state index is 13.1. The molecule has 0 radical (unpaired) electrons. The number of unbranched alkanes of at least 4 members (excludes halogenated alkanes) is 40. The largest absolute Gasteiger partial charge is 0.472 e. The maximum atomic E-state index is 13.1. The van der Waals surface area contributed by atoms with Gasteiger partial charge in [-0.25, -0.2) is 9.13 Å². The SMILES string of the molecule is CCCCC/C=C\C/C=C\CCCCCCCC(=O)OC[C@H](COP(=O)(O)OC[C@@H](O)COP(=O)(O)OC[C@@H](COC(=O)CCCCCCC/C=C\CCCCCC)OC(=O)CCCCCCCCCCCCCCC)OC(=O)CCCCCCC/C=C\CCCCCCCC. The van der Waals surface area contributed by atoms with E-state index in [-0.39, 0.29) is 25.7 Å². The molecular weight excluding hydrogens is 1260 g/mol. The molecule has 0 amide bonds. The molecule has 3 N–H and O–H groups in total. The van der Waals surface area contributed by atoms with Gasteiger partial charge < -0.3 is 33.8 Å². The van der Waals surface area contributed by atoms with Crippen LogP contribution in [0.5, 0.6) is 0 Å². The number of aliphatic hydroxyl groups excluding tert-OH is 1. The van der Waals surface area contributed by atoms with Crippen molar-refractivity contribution in [3.05, 3.63) is 48.6 Å². The summed E-state index contributed by atoms with van der Waals surface area (Å²) in [5.74, 6) is -2.17. The third-order valence-corrected chi connectivity index (χ3v) is 18.7. The van der Waals surface area contributed by atoms with Crippen LogP contribution < -0.4 is 0 Å². The molecule has 5 atom stereocenters. The molecule has 0 aliphatic heterocycles. The fourth-order valence-electron chi connectivity index (χ4n) is 10.8. The predicted molar refractivity (Wildman–Crippen MR) is 390 cm³/mol. The Bertz CT molecular complexity index is 2010. The van der Waals surface area contributed by atoms with Crippen LogP contribution in [0.1, 0.15) is 362 Å². The van der Waals surface area contributed by atoms with Crippen molar-refractivity contribution in [2.24, 2.45) is 0 Å². The van der Waals surface area contributed by atoms with Crippen molar-refractivity contribution >= 4 is 39.5 Å². The molecule has 17 nitrogen and oxygen atoms in total. The summed E-state index contributed by atoms with van der Waals surface area (Å²) < 4.78 is 68.5. The summed E-state index contributed by atoms with van der Waals surface area (Å²) in [5, 5.41) is 10.6. The number of hydrogen-bond donors (Lipinski definition) is 3. The Morgan fingerprint density at radius 1 is 0.292 bits per heavy atom. The molecule has 0 saturated heterocycles. The van der Waals surface area contributed by atoms with Crippen LogP contribution in [0.4, 0.5) is 0 Å². The number of phosphoric ester groups is 2. The maximum Gasteiger partial charge on any atom is 0.472 e. The molecule has 0 heterocycles. The Hall–Kier alpha value is -2.98. The molecular formula is C77H142O17P2. The number of carbonyl (C=O) groups excluding carboxylic acids is 4.